The molecule has 0 fully saturated rings. The number of allylic oxidation sites excluding steroid dienone is 3. The third-order valence-electron chi connectivity index (χ3n) is 5.80. The monoisotopic (exact) mass is 792 g/mol. The lowest BCUT2D eigenvalue weighted by atomic mass is 9.97. The summed E-state index contributed by atoms with van der Waals surface area (Å²) in [5, 5.41) is 29.7. The van der Waals surface area contributed by atoms with Gasteiger partial charge in [-0.25, -0.2) is 0 Å². The Bertz CT molecular complexity index is 1440. The molecule has 0 aliphatic carbocycles. The van der Waals surface area contributed by atoms with Crippen molar-refractivity contribution in [2.45, 2.75) is 54.1 Å². The number of rotatable bonds is 12. The molecule has 1 aromatic carbocycles. The van der Waals surface area contributed by atoms with Crippen molar-refractivity contribution in [1.82, 2.24) is 0 Å². The van der Waals surface area contributed by atoms with Gasteiger partial charge in [0, 0.05) is 34.9 Å². The quantitative estimate of drug-likeness (QED) is 0.111. The van der Waals surface area contributed by atoms with Gasteiger partial charge in [0.2, 0.25) is 17.3 Å². The molecule has 0 atom stereocenters. The van der Waals surface area contributed by atoms with Crippen LogP contribution in [0.1, 0.15) is 16.7 Å². The summed E-state index contributed by atoms with van der Waals surface area (Å²) in [5.74, 6) is -60.4. The van der Waals surface area contributed by atoms with Crippen molar-refractivity contribution >= 4 is 34.6 Å². The molecule has 0 unspecified atom stereocenters. The predicted octanol–water partition coefficient (Wildman–Crippen LogP) is 8.59. The lowest BCUT2D eigenvalue weighted by Gasteiger charge is -2.26. The SMILES string of the molecule is O=C(C=C(O)c1cc(C(O)=CC(=O)C(F)(F)C(F)(F)C(F)(F)F)cc(C(O)=CC(=O)C(F)(F)C(F)(F)C(F)(F)F)c1)C(F)(F)C(F)(F)C(F)(F)F. The minimum atomic E-state index is -7.23. The fourth-order valence-electron chi connectivity index (χ4n) is 2.96. The van der Waals surface area contributed by atoms with Crippen LogP contribution in [0.3, 0.4) is 0 Å². The Morgan fingerprint density at radius 1 is 0.373 bits per heavy atom. The highest BCUT2D eigenvalue weighted by molar-refractivity contribution is 6.03. The van der Waals surface area contributed by atoms with Crippen LogP contribution in [0.15, 0.2) is 36.4 Å². The largest absolute Gasteiger partial charge is 0.507 e. The van der Waals surface area contributed by atoms with Gasteiger partial charge in [0.1, 0.15) is 17.3 Å². The van der Waals surface area contributed by atoms with E-state index >= 15 is 0 Å². The normalized spacial score (nSPS) is 15.6. The van der Waals surface area contributed by atoms with Crippen molar-refractivity contribution in [3.8, 4) is 0 Å². The summed E-state index contributed by atoms with van der Waals surface area (Å²) in [6, 6.07) is -0.782. The molecule has 0 saturated carbocycles. The molecule has 1 rings (SSSR count). The summed E-state index contributed by atoms with van der Waals surface area (Å²) < 4.78 is 273. The molecule has 0 spiro atoms. The molecule has 6 nitrogen and oxygen atoms in total. The molecule has 0 bridgehead atoms. The van der Waals surface area contributed by atoms with Gasteiger partial charge in [-0.05, 0) is 18.2 Å². The van der Waals surface area contributed by atoms with E-state index in [1.165, 1.54) is 0 Å². The molecule has 288 valence electrons. The van der Waals surface area contributed by atoms with Crippen LogP contribution in [-0.4, -0.2) is 86.7 Å². The zero-order valence-electron chi connectivity index (χ0n) is 23.0. The smallest absolute Gasteiger partial charge is 0.460 e. The number of carbonyl (C=O) groups is 3. The fraction of sp³-hybridized carbons (Fsp3) is 0.375. The molecule has 27 heteroatoms. The van der Waals surface area contributed by atoms with Crippen LogP contribution >= 0.6 is 0 Å². The Hall–Kier alpha value is -4.62. The van der Waals surface area contributed by atoms with E-state index in [1.807, 2.05) is 0 Å². The van der Waals surface area contributed by atoms with Crippen LogP contribution < -0.4 is 0 Å². The summed E-state index contributed by atoms with van der Waals surface area (Å²) >= 11 is 0. The van der Waals surface area contributed by atoms with Gasteiger partial charge in [-0.15, -0.1) is 0 Å². The lowest BCUT2D eigenvalue weighted by molar-refractivity contribution is -0.342. The first kappa shape index (κ1) is 44.4. The highest BCUT2D eigenvalue weighted by atomic mass is 19.4. The van der Waals surface area contributed by atoms with Gasteiger partial charge in [0.05, 0.1) is 0 Å². The van der Waals surface area contributed by atoms with Crippen molar-refractivity contribution in [3.63, 3.8) is 0 Å². The summed E-state index contributed by atoms with van der Waals surface area (Å²) in [7, 11) is 0. The lowest BCUT2D eigenvalue weighted by Crippen LogP contribution is -2.55. The number of halogens is 21. The average molecular weight is 792 g/mol. The third kappa shape index (κ3) is 7.99. The van der Waals surface area contributed by atoms with Crippen molar-refractivity contribution in [2.75, 3.05) is 0 Å². The van der Waals surface area contributed by atoms with Crippen LogP contribution in [-0.2, 0) is 14.4 Å². The Morgan fingerprint density at radius 2 is 0.529 bits per heavy atom. The minimum absolute atomic E-state index is 0.261. The summed E-state index contributed by atoms with van der Waals surface area (Å²) in [6.45, 7) is 0. The second-order valence-corrected chi connectivity index (χ2v) is 9.42. The molecule has 0 radical (unpaired) electrons. The summed E-state index contributed by atoms with van der Waals surface area (Å²) in [5.41, 5.74) is -5.29. The Balaban J connectivity index is 4.07. The van der Waals surface area contributed by atoms with E-state index in [-0.39, 0.29) is 18.2 Å². The van der Waals surface area contributed by atoms with Crippen molar-refractivity contribution in [2.24, 2.45) is 0 Å². The molecule has 1 aromatic rings. The molecular formula is C24H9F21O6. The Morgan fingerprint density at radius 3 is 0.667 bits per heavy atom. The van der Waals surface area contributed by atoms with Crippen LogP contribution in [0, 0.1) is 0 Å². The molecule has 0 aliphatic heterocycles. The summed E-state index contributed by atoms with van der Waals surface area (Å²) in [6.07, 6.45) is -25.3. The molecule has 0 heterocycles. The van der Waals surface area contributed by atoms with E-state index in [4.69, 9.17) is 0 Å². The number of aliphatic hydroxyl groups is 3. The third-order valence-corrected chi connectivity index (χ3v) is 5.80. The van der Waals surface area contributed by atoms with Gasteiger partial charge < -0.3 is 15.3 Å². The number of benzene rings is 1. The molecular weight excluding hydrogens is 783 g/mol. The first-order valence-corrected chi connectivity index (χ1v) is 11.7. The predicted molar refractivity (Wildman–Crippen MR) is 121 cm³/mol. The molecule has 0 aliphatic rings. The van der Waals surface area contributed by atoms with E-state index in [2.05, 4.69) is 0 Å². The van der Waals surface area contributed by atoms with Gasteiger partial charge >= 0.3 is 54.1 Å². The van der Waals surface area contributed by atoms with Crippen molar-refractivity contribution in [1.29, 1.82) is 0 Å². The topological polar surface area (TPSA) is 112 Å². The molecule has 51 heavy (non-hydrogen) atoms. The second kappa shape index (κ2) is 13.2. The maximum Gasteiger partial charge on any atom is 0.460 e. The molecule has 3 N–H and O–H groups in total. The van der Waals surface area contributed by atoms with E-state index in [1.54, 1.807) is 0 Å². The van der Waals surface area contributed by atoms with Crippen LogP contribution in [0.2, 0.25) is 0 Å². The van der Waals surface area contributed by atoms with Crippen LogP contribution in [0.4, 0.5) is 92.2 Å². The van der Waals surface area contributed by atoms with Crippen molar-refractivity contribution < 1.29 is 122 Å². The number of hydrogen-bond acceptors (Lipinski definition) is 6. The van der Waals surface area contributed by atoms with Gasteiger partial charge in [-0.3, -0.25) is 14.4 Å². The molecule has 0 amide bonds. The first-order chi connectivity index (χ1) is 22.2. The van der Waals surface area contributed by atoms with Gasteiger partial charge in [-0.1, -0.05) is 0 Å². The Labute approximate surface area is 264 Å². The Kier molecular flexibility index (Phi) is 11.5. The van der Waals surface area contributed by atoms with E-state index < -0.39 is 124 Å². The fourth-order valence-corrected chi connectivity index (χ4v) is 2.96. The number of alkyl halides is 21. The highest BCUT2D eigenvalue weighted by Crippen LogP contribution is 2.49. The maximum absolute atomic E-state index is 13.7. The number of carbonyl (C=O) groups excluding carboxylic acids is 3. The first-order valence-electron chi connectivity index (χ1n) is 11.7. The standard InChI is InChI=1S/C24H9F21O6/c25-16(26,19(31,32)22(37,38)39)13(49)4-10(46)7-1-8(11(47)5-14(50)17(27,28)20(33,34)23(40,41)42)3-9(2-7)12(48)6-15(51)18(29,30)21(35,36)24(43,44)45/h1-6,46-48H. The van der Waals surface area contributed by atoms with Crippen molar-refractivity contribution in [3.05, 3.63) is 53.1 Å². The van der Waals surface area contributed by atoms with Gasteiger partial charge in [0.25, 0.3) is 0 Å². The summed E-state index contributed by atoms with van der Waals surface area (Å²) in [4.78, 5) is 34.7. The number of aliphatic hydroxyl groups excluding tert-OH is 3. The number of ketones is 3. The van der Waals surface area contributed by atoms with Crippen LogP contribution in [0.25, 0.3) is 17.3 Å². The second-order valence-electron chi connectivity index (χ2n) is 9.42. The van der Waals surface area contributed by atoms with Gasteiger partial charge in [0.15, 0.2) is 0 Å². The molecule has 0 saturated heterocycles. The minimum Gasteiger partial charge on any atom is -0.507 e. The van der Waals surface area contributed by atoms with E-state index in [0.717, 1.165) is 0 Å². The maximum atomic E-state index is 13.7. The zero-order chi connectivity index (χ0) is 40.9. The van der Waals surface area contributed by atoms with E-state index in [0.29, 0.717) is 0 Å². The average Bonchev–Trinajstić information content (AvgIpc) is 2.94. The van der Waals surface area contributed by atoms with Gasteiger partial charge in [-0.2, -0.15) is 92.2 Å². The van der Waals surface area contributed by atoms with Crippen LogP contribution in [0.5, 0.6) is 0 Å². The zero-order valence-corrected chi connectivity index (χ0v) is 23.0. The highest BCUT2D eigenvalue weighted by Gasteiger charge is 2.77. The van der Waals surface area contributed by atoms with E-state index in [9.17, 15) is 122 Å². The number of hydrogen-bond donors (Lipinski definition) is 3. The molecule has 0 aromatic heterocycles.